The summed E-state index contributed by atoms with van der Waals surface area (Å²) in [7, 11) is -4.06. The molecular weight excluding hydrogens is 414 g/mol. The molecule has 2 rings (SSSR count). The molecule has 0 amide bonds. The lowest BCUT2D eigenvalue weighted by atomic mass is 10.3. The number of nitrogens with one attached hydrogen (secondary N) is 1. The summed E-state index contributed by atoms with van der Waals surface area (Å²) in [5, 5.41) is -0.207. The first-order valence-electron chi connectivity index (χ1n) is 6.00. The van der Waals surface area contributed by atoms with Gasteiger partial charge in [-0.3, -0.25) is 4.72 Å². The highest BCUT2D eigenvalue weighted by atomic mass is 35.5. The molecule has 0 fully saturated rings. The highest BCUT2D eigenvalue weighted by molar-refractivity contribution is 7.92. The van der Waals surface area contributed by atoms with Gasteiger partial charge in [0.15, 0.2) is 0 Å². The van der Waals surface area contributed by atoms with Gasteiger partial charge in [-0.05, 0) is 36.4 Å². The first-order chi connectivity index (χ1) is 11.0. The molecule has 0 aliphatic carbocycles. The van der Waals surface area contributed by atoms with Crippen molar-refractivity contribution in [1.29, 1.82) is 0 Å². The molecular formula is C13H7Cl3F3NO3S. The zero-order valence-corrected chi connectivity index (χ0v) is 14.4. The number of hydrogen-bond donors (Lipinski definition) is 1. The fraction of sp³-hybridized carbons (Fsp3) is 0.0769. The van der Waals surface area contributed by atoms with Crippen LogP contribution in [0.4, 0.5) is 18.9 Å². The van der Waals surface area contributed by atoms with Crippen LogP contribution in [0.3, 0.4) is 0 Å². The largest absolute Gasteiger partial charge is 0.573 e. The summed E-state index contributed by atoms with van der Waals surface area (Å²) >= 11 is 17.2. The topological polar surface area (TPSA) is 55.4 Å². The molecule has 2 aromatic rings. The molecule has 0 unspecified atom stereocenters. The second-order valence-corrected chi connectivity index (χ2v) is 7.37. The van der Waals surface area contributed by atoms with Crippen LogP contribution in [0.25, 0.3) is 0 Å². The van der Waals surface area contributed by atoms with Gasteiger partial charge >= 0.3 is 6.36 Å². The number of sulfonamides is 1. The molecule has 0 aromatic heterocycles. The van der Waals surface area contributed by atoms with E-state index in [1.54, 1.807) is 0 Å². The molecule has 4 nitrogen and oxygen atoms in total. The van der Waals surface area contributed by atoms with Crippen LogP contribution in [0.1, 0.15) is 0 Å². The normalized spacial score (nSPS) is 12.1. The Balaban J connectivity index is 2.28. The number of hydrogen-bond acceptors (Lipinski definition) is 3. The van der Waals surface area contributed by atoms with E-state index in [9.17, 15) is 21.6 Å². The minimum Gasteiger partial charge on any atom is -0.404 e. The monoisotopic (exact) mass is 419 g/mol. The molecule has 0 bridgehead atoms. The molecule has 130 valence electrons. The lowest BCUT2D eigenvalue weighted by molar-refractivity contribution is -0.274. The summed E-state index contributed by atoms with van der Waals surface area (Å²) in [6, 6.07) is 6.61. The van der Waals surface area contributed by atoms with E-state index in [0.717, 1.165) is 18.2 Å². The van der Waals surface area contributed by atoms with E-state index in [2.05, 4.69) is 9.46 Å². The van der Waals surface area contributed by atoms with Gasteiger partial charge in [-0.15, -0.1) is 13.2 Å². The summed E-state index contributed by atoms with van der Waals surface area (Å²) in [6.07, 6.45) is -4.91. The Morgan fingerprint density at radius 3 is 2.04 bits per heavy atom. The number of rotatable bonds is 4. The Bertz CT molecular complexity index is 852. The number of benzene rings is 2. The summed E-state index contributed by atoms with van der Waals surface area (Å²) in [5.74, 6) is -0.655. The van der Waals surface area contributed by atoms with Crippen LogP contribution in [-0.4, -0.2) is 14.8 Å². The average molecular weight is 421 g/mol. The predicted octanol–water partition coefficient (Wildman–Crippen LogP) is 5.35. The van der Waals surface area contributed by atoms with E-state index >= 15 is 0 Å². The van der Waals surface area contributed by atoms with E-state index in [0.29, 0.717) is 0 Å². The zero-order valence-electron chi connectivity index (χ0n) is 11.4. The summed E-state index contributed by atoms with van der Waals surface area (Å²) in [4.78, 5) is -0.216. The molecule has 0 atom stereocenters. The second-order valence-electron chi connectivity index (χ2n) is 4.40. The third kappa shape index (κ3) is 5.07. The molecule has 0 saturated heterocycles. The van der Waals surface area contributed by atoms with E-state index in [1.165, 1.54) is 18.2 Å². The highest BCUT2D eigenvalue weighted by Gasteiger charge is 2.32. The van der Waals surface area contributed by atoms with Crippen LogP contribution >= 0.6 is 34.8 Å². The minimum absolute atomic E-state index is 0.0642. The van der Waals surface area contributed by atoms with Crippen LogP contribution in [0.5, 0.6) is 5.75 Å². The quantitative estimate of drug-likeness (QED) is 0.726. The van der Waals surface area contributed by atoms with Gasteiger partial charge in [0.05, 0.1) is 15.6 Å². The first kappa shape index (κ1) is 19.0. The average Bonchev–Trinajstić information content (AvgIpc) is 2.39. The van der Waals surface area contributed by atoms with E-state index < -0.39 is 27.2 Å². The maximum Gasteiger partial charge on any atom is 0.573 e. The summed E-state index contributed by atoms with van der Waals surface area (Å²) < 4.78 is 66.9. The first-order valence-corrected chi connectivity index (χ1v) is 8.62. The van der Waals surface area contributed by atoms with Crippen molar-refractivity contribution < 1.29 is 26.3 Å². The molecule has 0 aliphatic rings. The molecule has 11 heteroatoms. The van der Waals surface area contributed by atoms with Crippen LogP contribution in [0, 0.1) is 0 Å². The van der Waals surface area contributed by atoms with Gasteiger partial charge in [-0.1, -0.05) is 34.8 Å². The van der Waals surface area contributed by atoms with Crippen molar-refractivity contribution in [1.82, 2.24) is 0 Å². The Morgan fingerprint density at radius 2 is 1.54 bits per heavy atom. The Labute approximate surface area is 150 Å². The number of alkyl halides is 3. The van der Waals surface area contributed by atoms with Crippen LogP contribution < -0.4 is 9.46 Å². The fourth-order valence-corrected chi connectivity index (χ4v) is 3.66. The van der Waals surface area contributed by atoms with Crippen LogP contribution in [-0.2, 0) is 10.0 Å². The Morgan fingerprint density at radius 1 is 0.958 bits per heavy atom. The predicted molar refractivity (Wildman–Crippen MR) is 85.4 cm³/mol. The molecule has 0 heterocycles. The maximum absolute atomic E-state index is 12.2. The minimum atomic E-state index is -4.91. The van der Waals surface area contributed by atoms with E-state index in [4.69, 9.17) is 34.8 Å². The van der Waals surface area contributed by atoms with Crippen LogP contribution in [0.2, 0.25) is 15.1 Å². The van der Waals surface area contributed by atoms with Crippen molar-refractivity contribution in [3.63, 3.8) is 0 Å². The van der Waals surface area contributed by atoms with Gasteiger partial charge in [0.25, 0.3) is 10.0 Å². The Kier molecular flexibility index (Phi) is 5.44. The molecule has 0 aliphatic heterocycles. The SMILES string of the molecule is O=S(=O)(Nc1ccc(OC(F)(F)F)c(Cl)c1)c1cc(Cl)cc(Cl)c1. The van der Waals surface area contributed by atoms with Gasteiger partial charge in [0.2, 0.25) is 0 Å². The highest BCUT2D eigenvalue weighted by Crippen LogP contribution is 2.33. The molecule has 0 spiro atoms. The van der Waals surface area contributed by atoms with Crippen molar-refractivity contribution >= 4 is 50.5 Å². The second kappa shape index (κ2) is 6.87. The number of halogens is 6. The van der Waals surface area contributed by atoms with E-state index in [-0.39, 0.29) is 20.6 Å². The van der Waals surface area contributed by atoms with Crippen LogP contribution in [0.15, 0.2) is 41.3 Å². The maximum atomic E-state index is 12.2. The lowest BCUT2D eigenvalue weighted by Crippen LogP contribution is -2.17. The molecule has 24 heavy (non-hydrogen) atoms. The van der Waals surface area contributed by atoms with Crippen molar-refractivity contribution in [2.24, 2.45) is 0 Å². The fourth-order valence-electron chi connectivity index (χ4n) is 1.67. The standard InChI is InChI=1S/C13H7Cl3F3NO3S/c14-7-3-8(15)5-10(4-7)24(21,22)20-9-1-2-12(11(16)6-9)23-13(17,18)19/h1-6,20H. The van der Waals surface area contributed by atoms with Crippen molar-refractivity contribution in [2.45, 2.75) is 11.3 Å². The van der Waals surface area contributed by atoms with Gasteiger partial charge < -0.3 is 4.74 Å². The number of anilines is 1. The lowest BCUT2D eigenvalue weighted by Gasteiger charge is -2.13. The van der Waals surface area contributed by atoms with E-state index in [1.807, 2.05) is 0 Å². The van der Waals surface area contributed by atoms with Gasteiger partial charge in [0, 0.05) is 10.0 Å². The van der Waals surface area contributed by atoms with Crippen molar-refractivity contribution in [3.05, 3.63) is 51.5 Å². The summed E-state index contributed by atoms with van der Waals surface area (Å²) in [5.41, 5.74) is -0.0642. The molecule has 0 radical (unpaired) electrons. The smallest absolute Gasteiger partial charge is 0.404 e. The molecule has 1 N–H and O–H groups in total. The summed E-state index contributed by atoms with van der Waals surface area (Å²) in [6.45, 7) is 0. The third-order valence-electron chi connectivity index (χ3n) is 2.56. The Hall–Kier alpha value is -1.35. The molecule has 2 aromatic carbocycles. The number of ether oxygens (including phenoxy) is 1. The zero-order chi connectivity index (χ0) is 18.1. The van der Waals surface area contributed by atoms with Gasteiger partial charge in [-0.25, -0.2) is 8.42 Å². The molecule has 0 saturated carbocycles. The van der Waals surface area contributed by atoms with Gasteiger partial charge in [0.1, 0.15) is 5.75 Å². The van der Waals surface area contributed by atoms with Crippen molar-refractivity contribution in [3.8, 4) is 5.75 Å². The van der Waals surface area contributed by atoms with Gasteiger partial charge in [-0.2, -0.15) is 0 Å². The third-order valence-corrected chi connectivity index (χ3v) is 4.65. The van der Waals surface area contributed by atoms with Crippen molar-refractivity contribution in [2.75, 3.05) is 4.72 Å².